The summed E-state index contributed by atoms with van der Waals surface area (Å²) in [5, 5.41) is 0. The number of alkyl halides is 1. The first-order chi connectivity index (χ1) is 6.65. The van der Waals surface area contributed by atoms with Crippen LogP contribution in [0.15, 0.2) is 27.6 Å². The van der Waals surface area contributed by atoms with E-state index in [9.17, 15) is 8.60 Å². The van der Waals surface area contributed by atoms with Crippen molar-refractivity contribution in [2.24, 2.45) is 0 Å². The number of hydrogen-bond acceptors (Lipinski definition) is 2. The van der Waals surface area contributed by atoms with Gasteiger partial charge in [-0.3, -0.25) is 8.60 Å². The third kappa shape index (κ3) is 3.06. The first kappa shape index (κ1) is 11.7. The lowest BCUT2D eigenvalue weighted by Crippen LogP contribution is -2.02. The molecule has 2 N–H and O–H groups in total. The first-order valence-corrected chi connectivity index (χ1v) is 6.25. The molecular weight excluding hydrogens is 269 g/mol. The highest BCUT2D eigenvalue weighted by atomic mass is 79.9. The zero-order valence-electron chi connectivity index (χ0n) is 7.50. The number of rotatable bonds is 4. The zero-order valence-corrected chi connectivity index (χ0v) is 9.91. The zero-order chi connectivity index (χ0) is 10.6. The standard InChI is InChI=1S/C9H11BrFNOS/c10-7-2-3-8(12)9(6-7)14(13)5-1-4-11/h2-3,6H,1,4-5,12H2. The molecule has 78 valence electrons. The quantitative estimate of drug-likeness (QED) is 0.861. The highest BCUT2D eigenvalue weighted by Gasteiger charge is 2.07. The van der Waals surface area contributed by atoms with E-state index in [0.29, 0.717) is 22.8 Å². The number of nitrogen functional groups attached to an aromatic ring is 1. The minimum absolute atomic E-state index is 0.304. The second-order valence-electron chi connectivity index (χ2n) is 2.77. The molecular formula is C9H11BrFNOS. The number of halogens is 2. The van der Waals surface area contributed by atoms with E-state index in [1.807, 2.05) is 0 Å². The predicted molar refractivity (Wildman–Crippen MR) is 60.4 cm³/mol. The Kier molecular flexibility index (Phi) is 4.54. The summed E-state index contributed by atoms with van der Waals surface area (Å²) < 4.78 is 24.3. The minimum Gasteiger partial charge on any atom is -0.398 e. The molecule has 0 aromatic heterocycles. The number of anilines is 1. The van der Waals surface area contributed by atoms with Crippen LogP contribution in [0.4, 0.5) is 10.1 Å². The summed E-state index contributed by atoms with van der Waals surface area (Å²) in [6.45, 7) is -0.445. The monoisotopic (exact) mass is 279 g/mol. The summed E-state index contributed by atoms with van der Waals surface area (Å²) in [5.41, 5.74) is 6.15. The van der Waals surface area contributed by atoms with Gasteiger partial charge >= 0.3 is 0 Å². The summed E-state index contributed by atoms with van der Waals surface area (Å²) in [4.78, 5) is 0.577. The first-order valence-electron chi connectivity index (χ1n) is 4.14. The van der Waals surface area contributed by atoms with E-state index >= 15 is 0 Å². The molecule has 0 aliphatic rings. The van der Waals surface area contributed by atoms with Gasteiger partial charge in [0.1, 0.15) is 0 Å². The van der Waals surface area contributed by atoms with Gasteiger partial charge in [0.25, 0.3) is 0 Å². The maximum absolute atomic E-state index is 11.9. The second-order valence-corrected chi connectivity index (χ2v) is 5.23. The van der Waals surface area contributed by atoms with Crippen LogP contribution in [0.25, 0.3) is 0 Å². The molecule has 1 aromatic carbocycles. The maximum Gasteiger partial charge on any atom is 0.0903 e. The Bertz CT molecular complexity index is 346. The third-order valence-electron chi connectivity index (χ3n) is 1.68. The molecule has 0 radical (unpaired) electrons. The van der Waals surface area contributed by atoms with Crippen LogP contribution in [0.1, 0.15) is 6.42 Å². The molecule has 0 amide bonds. The number of hydrogen-bond donors (Lipinski definition) is 1. The summed E-state index contributed by atoms with van der Waals surface area (Å²) in [6, 6.07) is 5.18. The molecule has 5 heteroatoms. The van der Waals surface area contributed by atoms with Crippen molar-refractivity contribution in [1.29, 1.82) is 0 Å². The fourth-order valence-electron chi connectivity index (χ4n) is 1.00. The molecule has 0 heterocycles. The SMILES string of the molecule is Nc1ccc(Br)cc1S(=O)CCCF. The van der Waals surface area contributed by atoms with E-state index < -0.39 is 17.5 Å². The molecule has 0 aliphatic carbocycles. The van der Waals surface area contributed by atoms with Crippen LogP contribution in [-0.2, 0) is 10.8 Å². The van der Waals surface area contributed by atoms with Crippen molar-refractivity contribution in [3.05, 3.63) is 22.7 Å². The van der Waals surface area contributed by atoms with Crippen molar-refractivity contribution in [3.63, 3.8) is 0 Å². The fourth-order valence-corrected chi connectivity index (χ4v) is 2.69. The van der Waals surface area contributed by atoms with Crippen molar-refractivity contribution < 1.29 is 8.60 Å². The van der Waals surface area contributed by atoms with Gasteiger partial charge in [-0.2, -0.15) is 0 Å². The maximum atomic E-state index is 11.9. The largest absolute Gasteiger partial charge is 0.398 e. The van der Waals surface area contributed by atoms with E-state index in [2.05, 4.69) is 15.9 Å². The highest BCUT2D eigenvalue weighted by molar-refractivity contribution is 9.10. The average molecular weight is 280 g/mol. The molecule has 0 bridgehead atoms. The van der Waals surface area contributed by atoms with Crippen molar-refractivity contribution in [3.8, 4) is 0 Å². The van der Waals surface area contributed by atoms with E-state index in [-0.39, 0.29) is 0 Å². The van der Waals surface area contributed by atoms with Gasteiger partial charge in [0.15, 0.2) is 0 Å². The third-order valence-corrected chi connectivity index (χ3v) is 3.68. The minimum atomic E-state index is -1.20. The Morgan fingerprint density at radius 3 is 2.86 bits per heavy atom. The number of benzene rings is 1. The Morgan fingerprint density at radius 1 is 1.50 bits per heavy atom. The Hall–Kier alpha value is -0.420. The van der Waals surface area contributed by atoms with E-state index in [1.165, 1.54) is 0 Å². The molecule has 1 aromatic rings. The molecule has 1 atom stereocenters. The van der Waals surface area contributed by atoms with Gasteiger partial charge in [-0.05, 0) is 24.6 Å². The lowest BCUT2D eigenvalue weighted by Gasteiger charge is -2.05. The fraction of sp³-hybridized carbons (Fsp3) is 0.333. The van der Waals surface area contributed by atoms with E-state index in [0.717, 1.165) is 4.47 Å². The van der Waals surface area contributed by atoms with Gasteiger partial charge in [0.05, 0.1) is 22.4 Å². The molecule has 0 fully saturated rings. The summed E-state index contributed by atoms with van der Waals surface area (Å²) in [7, 11) is -1.20. The summed E-state index contributed by atoms with van der Waals surface area (Å²) in [5.74, 6) is 0.317. The molecule has 1 rings (SSSR count). The van der Waals surface area contributed by atoms with Crippen LogP contribution in [0.5, 0.6) is 0 Å². The van der Waals surface area contributed by atoms with Crippen molar-refractivity contribution in [1.82, 2.24) is 0 Å². The smallest absolute Gasteiger partial charge is 0.0903 e. The van der Waals surface area contributed by atoms with Crippen LogP contribution in [-0.4, -0.2) is 16.6 Å². The van der Waals surface area contributed by atoms with E-state index in [4.69, 9.17) is 5.73 Å². The molecule has 0 saturated carbocycles. The highest BCUT2D eigenvalue weighted by Crippen LogP contribution is 2.22. The van der Waals surface area contributed by atoms with Gasteiger partial charge < -0.3 is 5.73 Å². The van der Waals surface area contributed by atoms with Gasteiger partial charge in [-0.25, -0.2) is 0 Å². The summed E-state index contributed by atoms with van der Waals surface area (Å²) >= 11 is 3.27. The Balaban J connectivity index is 2.83. The van der Waals surface area contributed by atoms with Gasteiger partial charge in [-0.15, -0.1) is 0 Å². The topological polar surface area (TPSA) is 43.1 Å². The molecule has 14 heavy (non-hydrogen) atoms. The van der Waals surface area contributed by atoms with Crippen LogP contribution >= 0.6 is 15.9 Å². The van der Waals surface area contributed by atoms with Crippen LogP contribution in [0, 0.1) is 0 Å². The van der Waals surface area contributed by atoms with Crippen LogP contribution in [0.3, 0.4) is 0 Å². The van der Waals surface area contributed by atoms with Crippen molar-refractivity contribution in [2.75, 3.05) is 18.2 Å². The van der Waals surface area contributed by atoms with Crippen molar-refractivity contribution in [2.45, 2.75) is 11.3 Å². The summed E-state index contributed by atoms with van der Waals surface area (Å²) in [6.07, 6.45) is 0.304. The molecule has 0 spiro atoms. The predicted octanol–water partition coefficient (Wildman–Crippen LogP) is 2.50. The lowest BCUT2D eigenvalue weighted by atomic mass is 10.3. The number of nitrogens with two attached hydrogens (primary N) is 1. The second kappa shape index (κ2) is 5.46. The molecule has 0 aliphatic heterocycles. The van der Waals surface area contributed by atoms with Gasteiger partial charge in [0, 0.05) is 15.9 Å². The van der Waals surface area contributed by atoms with Crippen molar-refractivity contribution >= 4 is 32.4 Å². The van der Waals surface area contributed by atoms with Crippen LogP contribution < -0.4 is 5.73 Å². The normalized spacial score (nSPS) is 12.7. The van der Waals surface area contributed by atoms with Crippen LogP contribution in [0.2, 0.25) is 0 Å². The van der Waals surface area contributed by atoms with Gasteiger partial charge in [-0.1, -0.05) is 15.9 Å². The Morgan fingerprint density at radius 2 is 2.21 bits per heavy atom. The molecule has 1 unspecified atom stereocenters. The molecule has 0 saturated heterocycles. The van der Waals surface area contributed by atoms with Gasteiger partial charge in [0.2, 0.25) is 0 Å². The van der Waals surface area contributed by atoms with E-state index in [1.54, 1.807) is 18.2 Å². The average Bonchev–Trinajstić information content (AvgIpc) is 2.18. The molecule has 2 nitrogen and oxygen atoms in total. The Labute approximate surface area is 93.3 Å². The lowest BCUT2D eigenvalue weighted by molar-refractivity contribution is 0.488.